The minimum Gasteiger partial charge on any atom is -0.396 e. The van der Waals surface area contributed by atoms with Crippen LogP contribution >= 0.6 is 23.2 Å². The molecule has 71 heavy (non-hydrogen) atoms. The number of H-pyrrole nitrogens is 1. The quantitative estimate of drug-likeness (QED) is 0.0705. The number of nitrogens with two attached hydrogens (primary N) is 4. The van der Waals surface area contributed by atoms with Crippen LogP contribution in [0.1, 0.15) is 74.1 Å². The fraction of sp³-hybridized carbons (Fsp3) is 0.306. The number of halogens is 2. The van der Waals surface area contributed by atoms with Crippen molar-refractivity contribution in [3.63, 3.8) is 0 Å². The molecule has 0 atom stereocenters. The number of benzene rings is 3. The first kappa shape index (κ1) is 52.7. The zero-order chi connectivity index (χ0) is 51.6. The summed E-state index contributed by atoms with van der Waals surface area (Å²) >= 11 is 12.7. The summed E-state index contributed by atoms with van der Waals surface area (Å²) in [6, 6.07) is 14.2. The fourth-order valence-corrected chi connectivity index (χ4v) is 12.4. The van der Waals surface area contributed by atoms with E-state index in [1.54, 1.807) is 24.5 Å². The summed E-state index contributed by atoms with van der Waals surface area (Å²) in [6.45, 7) is 20.4. The summed E-state index contributed by atoms with van der Waals surface area (Å²) in [5.74, 6) is 0. The standard InChI is InChI=1S/C21H22ClN5O2S.C15H11ClN4.C13H19NO5S2/c1-12-7-20-15(8-19(12)25-2)17(16-9-26-10-18(23)21(16)22)11-27(20)13-3-5-14(6-4-13)30(24,28)29;1-8-3-14-9(4-13(8)18-2)10(6-20-14)11-5-19-7-12(17)15(11)16;1-10-2-6-13(7-3-10)21(17,18)19-11-4-8-12(9-5-11)20(14,15)16/h7-11,13-14H,3-6,23H2,1H3,(H2,24,28,29);3-7,20H,17H2,1H3;2-3,6-7,11-12H,4-5,8-9H2,1H3,(H2,14,15,16). The molecule has 2 aliphatic rings. The van der Waals surface area contributed by atoms with E-state index in [0.717, 1.165) is 55.2 Å². The predicted octanol–water partition coefficient (Wildman–Crippen LogP) is 10.2. The van der Waals surface area contributed by atoms with Crippen molar-refractivity contribution in [2.24, 2.45) is 10.3 Å². The zero-order valence-corrected chi connectivity index (χ0v) is 42.9. The van der Waals surface area contributed by atoms with Gasteiger partial charge in [0.2, 0.25) is 20.0 Å². The van der Waals surface area contributed by atoms with Crippen molar-refractivity contribution in [3.8, 4) is 22.3 Å². The average molecular weight is 1060 g/mol. The summed E-state index contributed by atoms with van der Waals surface area (Å²) in [4.78, 5) is 18.8. The Morgan fingerprint density at radius 1 is 0.662 bits per heavy atom. The number of anilines is 2. The lowest BCUT2D eigenvalue weighted by molar-refractivity contribution is 0.163. The molecule has 17 nitrogen and oxygen atoms in total. The molecule has 0 saturated heterocycles. The number of hydrogen-bond donors (Lipinski definition) is 5. The van der Waals surface area contributed by atoms with Crippen molar-refractivity contribution in [1.82, 2.24) is 19.5 Å². The van der Waals surface area contributed by atoms with Crippen molar-refractivity contribution < 1.29 is 29.4 Å². The molecule has 0 amide bonds. The maximum absolute atomic E-state index is 12.1. The number of rotatable bonds is 8. The van der Waals surface area contributed by atoms with Gasteiger partial charge in [-0.2, -0.15) is 8.42 Å². The predicted molar refractivity (Wildman–Crippen MR) is 281 cm³/mol. The fourth-order valence-electron chi connectivity index (χ4n) is 8.98. The first-order valence-corrected chi connectivity index (χ1v) is 27.7. The van der Waals surface area contributed by atoms with Gasteiger partial charge in [0.05, 0.1) is 68.5 Å². The Hall–Kier alpha value is -6.07. The summed E-state index contributed by atoms with van der Waals surface area (Å²) in [5, 5.41) is 12.1. The van der Waals surface area contributed by atoms with E-state index >= 15 is 0 Å². The van der Waals surface area contributed by atoms with Gasteiger partial charge in [-0.25, -0.2) is 36.8 Å². The number of sulfonamides is 2. The smallest absolute Gasteiger partial charge is 0.297 e. The largest absolute Gasteiger partial charge is 0.396 e. The number of nitrogens with zero attached hydrogens (tertiary/aromatic N) is 5. The molecule has 7 aromatic rings. The van der Waals surface area contributed by atoms with Gasteiger partial charge in [-0.05, 0) is 130 Å². The minimum absolute atomic E-state index is 0.113. The molecular weight excluding hydrogens is 1010 g/mol. The van der Waals surface area contributed by atoms with Gasteiger partial charge in [0.15, 0.2) is 11.4 Å². The molecule has 0 unspecified atom stereocenters. The molecule has 4 heterocycles. The van der Waals surface area contributed by atoms with Crippen molar-refractivity contribution in [2.45, 2.75) is 99.7 Å². The number of nitrogens with one attached hydrogen (secondary N) is 1. The maximum Gasteiger partial charge on any atom is 0.297 e. The molecule has 22 heteroatoms. The summed E-state index contributed by atoms with van der Waals surface area (Å²) < 4.78 is 77.6. The first-order chi connectivity index (χ1) is 33.5. The van der Waals surface area contributed by atoms with E-state index < -0.39 is 46.8 Å². The summed E-state index contributed by atoms with van der Waals surface area (Å²) in [5.41, 5.74) is 21.8. The number of hydrogen-bond acceptors (Lipinski definition) is 11. The Kier molecular flexibility index (Phi) is 15.9. The van der Waals surface area contributed by atoms with Crippen LogP contribution in [0.25, 0.3) is 53.7 Å². The maximum atomic E-state index is 12.1. The third-order valence-corrected chi connectivity index (χ3v) is 18.0. The number of aryl methyl sites for hydroxylation is 3. The normalized spacial score (nSPS) is 18.4. The molecule has 9 rings (SSSR count). The Bertz CT molecular complexity index is 3570. The summed E-state index contributed by atoms with van der Waals surface area (Å²) in [6.07, 6.45) is 13.6. The van der Waals surface area contributed by atoms with Gasteiger partial charge >= 0.3 is 0 Å². The van der Waals surface area contributed by atoms with E-state index in [1.165, 1.54) is 24.5 Å². The van der Waals surface area contributed by atoms with Crippen molar-refractivity contribution in [2.75, 3.05) is 11.5 Å². The van der Waals surface area contributed by atoms with Crippen LogP contribution < -0.4 is 21.7 Å². The van der Waals surface area contributed by atoms with Crippen molar-refractivity contribution in [1.29, 1.82) is 0 Å². The molecule has 3 aromatic carbocycles. The zero-order valence-electron chi connectivity index (χ0n) is 38.9. The highest BCUT2D eigenvalue weighted by Gasteiger charge is 2.33. The molecule has 9 N–H and O–H groups in total. The Balaban J connectivity index is 0.000000161. The van der Waals surface area contributed by atoms with Crippen LogP contribution in [0.2, 0.25) is 10.0 Å². The highest BCUT2D eigenvalue weighted by molar-refractivity contribution is 7.90. The minimum atomic E-state index is -3.81. The number of pyridine rings is 2. The van der Waals surface area contributed by atoms with Crippen LogP contribution in [-0.4, -0.2) is 61.4 Å². The van der Waals surface area contributed by atoms with Crippen molar-refractivity contribution in [3.05, 3.63) is 135 Å². The highest BCUT2D eigenvalue weighted by atomic mass is 35.5. The van der Waals surface area contributed by atoms with Gasteiger partial charge in [-0.1, -0.05) is 40.9 Å². The molecule has 2 fully saturated rings. The van der Waals surface area contributed by atoms with E-state index in [-0.39, 0.29) is 10.9 Å². The van der Waals surface area contributed by atoms with Gasteiger partial charge in [-0.3, -0.25) is 14.2 Å². The third-order valence-electron chi connectivity index (χ3n) is 12.9. The highest BCUT2D eigenvalue weighted by Crippen LogP contribution is 2.43. The van der Waals surface area contributed by atoms with Crippen LogP contribution in [0.5, 0.6) is 0 Å². The topological polar surface area (TPSA) is 271 Å². The van der Waals surface area contributed by atoms with E-state index in [4.69, 9.17) is 62.3 Å². The monoisotopic (exact) mass is 1060 g/mol. The van der Waals surface area contributed by atoms with Gasteiger partial charge < -0.3 is 21.0 Å². The Morgan fingerprint density at radius 2 is 1.15 bits per heavy atom. The van der Waals surface area contributed by atoms with Gasteiger partial charge in [0.1, 0.15) is 0 Å². The van der Waals surface area contributed by atoms with Crippen LogP contribution in [0, 0.1) is 33.9 Å². The van der Waals surface area contributed by atoms with Crippen LogP contribution in [-0.2, 0) is 34.3 Å². The SMILES string of the molecule is Cc1ccc(S(=O)(=O)OC2CCC(S(N)(=O)=O)CC2)cc1.[C-]#[N+]c1cc2c(-c3cncc(N)c3Cl)c[nH]c2cc1C.[C-]#[N+]c1cc2c(-c3cncc(N)c3Cl)cn(C3CCC(S(N)(=O)=O)CC3)c2cc1C. The Labute approximate surface area is 423 Å². The second-order valence-corrected chi connectivity index (χ2v) is 23.8. The lowest BCUT2D eigenvalue weighted by atomic mass is 9.94. The molecule has 0 spiro atoms. The molecular formula is C49H52Cl2N10O7S3. The van der Waals surface area contributed by atoms with Crippen LogP contribution in [0.3, 0.4) is 0 Å². The first-order valence-electron chi connectivity index (χ1n) is 22.3. The number of fused-ring (bicyclic) bond motifs is 2. The third kappa shape index (κ3) is 11.8. The van der Waals surface area contributed by atoms with E-state index in [0.29, 0.717) is 89.7 Å². The molecule has 0 bridgehead atoms. The number of nitrogen functional groups attached to an aromatic ring is 2. The van der Waals surface area contributed by atoms with E-state index in [9.17, 15) is 25.3 Å². The lowest BCUT2D eigenvalue weighted by Crippen LogP contribution is -2.35. The number of aromatic amines is 1. The van der Waals surface area contributed by atoms with Gasteiger partial charge in [0, 0.05) is 64.1 Å². The number of aromatic nitrogens is 4. The molecule has 2 saturated carbocycles. The van der Waals surface area contributed by atoms with Crippen molar-refractivity contribution >= 4 is 97.9 Å². The molecule has 4 aromatic heterocycles. The molecule has 372 valence electrons. The van der Waals surface area contributed by atoms with E-state index in [1.807, 2.05) is 57.4 Å². The summed E-state index contributed by atoms with van der Waals surface area (Å²) in [7, 11) is -10.9. The van der Waals surface area contributed by atoms with Crippen LogP contribution in [0.15, 0.2) is 90.6 Å². The second-order valence-electron chi connectivity index (χ2n) is 17.8. The Morgan fingerprint density at radius 3 is 1.68 bits per heavy atom. The molecule has 0 radical (unpaired) electrons. The molecule has 0 aliphatic heterocycles. The van der Waals surface area contributed by atoms with Crippen LogP contribution in [0.4, 0.5) is 22.7 Å². The molecule has 2 aliphatic carbocycles. The number of primary sulfonamides is 2. The average Bonchev–Trinajstić information content (AvgIpc) is 3.90. The lowest BCUT2D eigenvalue weighted by Gasteiger charge is -2.29. The second kappa shape index (κ2) is 21.3. The van der Waals surface area contributed by atoms with Gasteiger partial charge in [0.25, 0.3) is 10.1 Å². The van der Waals surface area contributed by atoms with Gasteiger partial charge in [-0.15, -0.1) is 0 Å². The van der Waals surface area contributed by atoms with E-state index in [2.05, 4.69) is 29.2 Å².